The number of hydrogen-bond acceptors (Lipinski definition) is 3. The van der Waals surface area contributed by atoms with Crippen molar-refractivity contribution in [3.63, 3.8) is 0 Å². The molecule has 4 heteroatoms. The predicted molar refractivity (Wildman–Crippen MR) is 57.1 cm³/mol. The van der Waals surface area contributed by atoms with E-state index >= 15 is 0 Å². The van der Waals surface area contributed by atoms with Crippen molar-refractivity contribution in [2.75, 3.05) is 14.2 Å². The number of rotatable bonds is 3. The number of hydrogen-bond donors (Lipinski definition) is 1. The molecule has 0 saturated heterocycles. The van der Waals surface area contributed by atoms with Crippen LogP contribution in [0.15, 0.2) is 30.6 Å². The standard InChI is InChI=1S/C11H12N2O2/c1-14-10-3-8(4-11(5-10)15-2)9-6-12-13-7-9/h3-7H,1-2H3,(H,12,13). The van der Waals surface area contributed by atoms with Gasteiger partial charge in [-0.2, -0.15) is 5.10 Å². The van der Waals surface area contributed by atoms with Crippen LogP contribution in [0.1, 0.15) is 0 Å². The lowest BCUT2D eigenvalue weighted by Crippen LogP contribution is -1.88. The molecule has 2 rings (SSSR count). The number of methoxy groups -OCH3 is 2. The molecule has 0 amide bonds. The highest BCUT2D eigenvalue weighted by molar-refractivity contribution is 5.65. The van der Waals surface area contributed by atoms with E-state index in [4.69, 9.17) is 9.47 Å². The molecule has 1 heterocycles. The van der Waals surface area contributed by atoms with Crippen LogP contribution in [0.3, 0.4) is 0 Å². The maximum atomic E-state index is 5.18. The minimum absolute atomic E-state index is 0.769. The molecule has 0 spiro atoms. The molecule has 2 aromatic rings. The largest absolute Gasteiger partial charge is 0.497 e. The van der Waals surface area contributed by atoms with Gasteiger partial charge in [0, 0.05) is 17.8 Å². The van der Waals surface area contributed by atoms with E-state index in [1.807, 2.05) is 24.4 Å². The summed E-state index contributed by atoms with van der Waals surface area (Å²) in [6.07, 6.45) is 3.59. The first-order valence-corrected chi connectivity index (χ1v) is 4.55. The molecule has 78 valence electrons. The number of aromatic nitrogens is 2. The summed E-state index contributed by atoms with van der Waals surface area (Å²) >= 11 is 0. The molecule has 0 saturated carbocycles. The molecule has 4 nitrogen and oxygen atoms in total. The first-order chi connectivity index (χ1) is 7.33. The number of nitrogens with one attached hydrogen (secondary N) is 1. The van der Waals surface area contributed by atoms with Crippen molar-refractivity contribution in [3.8, 4) is 22.6 Å². The molecule has 1 aromatic heterocycles. The lowest BCUT2D eigenvalue weighted by Gasteiger charge is -2.06. The second-order valence-electron chi connectivity index (χ2n) is 3.09. The van der Waals surface area contributed by atoms with Gasteiger partial charge in [-0.15, -0.1) is 0 Å². The third kappa shape index (κ3) is 1.93. The Kier molecular flexibility index (Phi) is 2.58. The third-order valence-corrected chi connectivity index (χ3v) is 2.18. The van der Waals surface area contributed by atoms with Gasteiger partial charge in [0.15, 0.2) is 0 Å². The molecule has 0 aliphatic heterocycles. The molecule has 0 aliphatic rings. The Labute approximate surface area is 87.8 Å². The topological polar surface area (TPSA) is 47.1 Å². The summed E-state index contributed by atoms with van der Waals surface area (Å²) in [6.45, 7) is 0. The minimum Gasteiger partial charge on any atom is -0.497 e. The van der Waals surface area contributed by atoms with Crippen LogP contribution in [0.4, 0.5) is 0 Å². The van der Waals surface area contributed by atoms with Crippen LogP contribution in [0.25, 0.3) is 11.1 Å². The summed E-state index contributed by atoms with van der Waals surface area (Å²) < 4.78 is 10.4. The van der Waals surface area contributed by atoms with Crippen LogP contribution in [0.2, 0.25) is 0 Å². The second-order valence-corrected chi connectivity index (χ2v) is 3.09. The molecule has 0 radical (unpaired) electrons. The van der Waals surface area contributed by atoms with Gasteiger partial charge in [0.1, 0.15) is 11.5 Å². The van der Waals surface area contributed by atoms with Gasteiger partial charge in [-0.3, -0.25) is 5.10 Å². The Morgan fingerprint density at radius 1 is 1.00 bits per heavy atom. The summed E-state index contributed by atoms with van der Waals surface area (Å²) in [6, 6.07) is 5.71. The van der Waals surface area contributed by atoms with Gasteiger partial charge in [-0.25, -0.2) is 0 Å². The van der Waals surface area contributed by atoms with E-state index in [0.29, 0.717) is 0 Å². The van der Waals surface area contributed by atoms with Crippen LogP contribution in [0.5, 0.6) is 11.5 Å². The quantitative estimate of drug-likeness (QED) is 0.832. The average molecular weight is 204 g/mol. The zero-order chi connectivity index (χ0) is 10.7. The monoisotopic (exact) mass is 204 g/mol. The first-order valence-electron chi connectivity index (χ1n) is 4.55. The summed E-state index contributed by atoms with van der Waals surface area (Å²) in [5.41, 5.74) is 2.02. The van der Waals surface area contributed by atoms with E-state index in [1.165, 1.54) is 0 Å². The summed E-state index contributed by atoms with van der Waals surface area (Å²) in [5.74, 6) is 1.54. The summed E-state index contributed by atoms with van der Waals surface area (Å²) in [7, 11) is 3.27. The molecule has 0 unspecified atom stereocenters. The van der Waals surface area contributed by atoms with Crippen LogP contribution in [-0.4, -0.2) is 24.4 Å². The van der Waals surface area contributed by atoms with E-state index in [0.717, 1.165) is 22.6 Å². The molecule has 0 atom stereocenters. The van der Waals surface area contributed by atoms with Crippen molar-refractivity contribution < 1.29 is 9.47 Å². The zero-order valence-electron chi connectivity index (χ0n) is 8.65. The fourth-order valence-electron chi connectivity index (χ4n) is 1.38. The van der Waals surface area contributed by atoms with Gasteiger partial charge in [0.2, 0.25) is 0 Å². The van der Waals surface area contributed by atoms with Crippen LogP contribution < -0.4 is 9.47 Å². The number of aromatic amines is 1. The lowest BCUT2D eigenvalue weighted by atomic mass is 10.1. The number of nitrogens with zero attached hydrogens (tertiary/aromatic N) is 1. The fraction of sp³-hybridized carbons (Fsp3) is 0.182. The van der Waals surface area contributed by atoms with Gasteiger partial charge >= 0.3 is 0 Å². The van der Waals surface area contributed by atoms with Gasteiger partial charge in [0.25, 0.3) is 0 Å². The van der Waals surface area contributed by atoms with E-state index in [-0.39, 0.29) is 0 Å². The predicted octanol–water partition coefficient (Wildman–Crippen LogP) is 2.09. The molecule has 1 N–H and O–H groups in total. The average Bonchev–Trinajstić information content (AvgIpc) is 2.81. The number of benzene rings is 1. The van der Waals surface area contributed by atoms with Crippen molar-refractivity contribution in [1.82, 2.24) is 10.2 Å². The Morgan fingerprint density at radius 2 is 1.67 bits per heavy atom. The van der Waals surface area contributed by atoms with Gasteiger partial charge < -0.3 is 9.47 Å². The van der Waals surface area contributed by atoms with E-state index in [2.05, 4.69) is 10.2 Å². The van der Waals surface area contributed by atoms with Crippen molar-refractivity contribution in [2.45, 2.75) is 0 Å². The summed E-state index contributed by atoms with van der Waals surface area (Å²) in [5, 5.41) is 6.67. The molecule has 0 aliphatic carbocycles. The van der Waals surface area contributed by atoms with Crippen LogP contribution in [-0.2, 0) is 0 Å². The van der Waals surface area contributed by atoms with Crippen molar-refractivity contribution in [2.24, 2.45) is 0 Å². The highest BCUT2D eigenvalue weighted by atomic mass is 16.5. The SMILES string of the molecule is COc1cc(OC)cc(-c2cn[nH]c2)c1. The van der Waals surface area contributed by atoms with E-state index < -0.39 is 0 Å². The van der Waals surface area contributed by atoms with Crippen molar-refractivity contribution in [3.05, 3.63) is 30.6 Å². The number of ether oxygens (including phenoxy) is 2. The molecular weight excluding hydrogens is 192 g/mol. The molecule has 0 bridgehead atoms. The second kappa shape index (κ2) is 4.04. The van der Waals surface area contributed by atoms with Gasteiger partial charge in [0.05, 0.1) is 20.4 Å². The molecule has 1 aromatic carbocycles. The molecular formula is C11H12N2O2. The smallest absolute Gasteiger partial charge is 0.123 e. The van der Waals surface area contributed by atoms with E-state index in [1.54, 1.807) is 20.4 Å². The highest BCUT2D eigenvalue weighted by Crippen LogP contribution is 2.28. The highest BCUT2D eigenvalue weighted by Gasteiger charge is 2.04. The Balaban J connectivity index is 2.47. The summed E-state index contributed by atoms with van der Waals surface area (Å²) in [4.78, 5) is 0. The Hall–Kier alpha value is -1.97. The number of H-pyrrole nitrogens is 1. The maximum absolute atomic E-state index is 5.18. The van der Waals surface area contributed by atoms with Gasteiger partial charge in [-0.05, 0) is 17.7 Å². The Morgan fingerprint density at radius 3 is 2.13 bits per heavy atom. The Bertz CT molecular complexity index is 416. The van der Waals surface area contributed by atoms with Crippen LogP contribution >= 0.6 is 0 Å². The maximum Gasteiger partial charge on any atom is 0.123 e. The van der Waals surface area contributed by atoms with E-state index in [9.17, 15) is 0 Å². The molecule has 15 heavy (non-hydrogen) atoms. The van der Waals surface area contributed by atoms with Crippen molar-refractivity contribution >= 4 is 0 Å². The molecule has 0 fully saturated rings. The normalized spacial score (nSPS) is 10.0. The zero-order valence-corrected chi connectivity index (χ0v) is 8.65. The minimum atomic E-state index is 0.769. The fourth-order valence-corrected chi connectivity index (χ4v) is 1.38. The lowest BCUT2D eigenvalue weighted by molar-refractivity contribution is 0.394. The van der Waals surface area contributed by atoms with Crippen molar-refractivity contribution in [1.29, 1.82) is 0 Å². The van der Waals surface area contributed by atoms with Crippen LogP contribution in [0, 0.1) is 0 Å². The third-order valence-electron chi connectivity index (χ3n) is 2.18. The van der Waals surface area contributed by atoms with Gasteiger partial charge in [-0.1, -0.05) is 0 Å². The first kappa shape index (κ1) is 9.58.